The first kappa shape index (κ1) is 18.5. The van der Waals surface area contributed by atoms with Crippen LogP contribution in [0.1, 0.15) is 45.1 Å². The molecule has 0 saturated carbocycles. The van der Waals surface area contributed by atoms with E-state index in [-0.39, 0.29) is 30.2 Å². The molecule has 0 unspecified atom stereocenters. The quantitative estimate of drug-likeness (QED) is 0.835. The van der Waals surface area contributed by atoms with Gasteiger partial charge in [0.25, 0.3) is 0 Å². The van der Waals surface area contributed by atoms with Crippen molar-refractivity contribution in [2.45, 2.75) is 45.6 Å². The number of para-hydroxylation sites is 1. The van der Waals surface area contributed by atoms with Crippen molar-refractivity contribution in [2.24, 2.45) is 5.92 Å². The Hall–Kier alpha value is -1.88. The first-order chi connectivity index (χ1) is 11.5. The van der Waals surface area contributed by atoms with Crippen LogP contribution in [0.2, 0.25) is 0 Å². The van der Waals surface area contributed by atoms with Gasteiger partial charge in [0.2, 0.25) is 11.8 Å². The number of carbonyl (C=O) groups is 2. The second-order valence-corrected chi connectivity index (χ2v) is 6.64. The van der Waals surface area contributed by atoms with Gasteiger partial charge in [-0.05, 0) is 30.9 Å². The summed E-state index contributed by atoms with van der Waals surface area (Å²) in [6.45, 7) is 7.17. The molecule has 3 atom stereocenters. The molecule has 1 aromatic carbocycles. The molecule has 2 amide bonds. The van der Waals surface area contributed by atoms with Crippen LogP contribution >= 0.6 is 0 Å². The summed E-state index contributed by atoms with van der Waals surface area (Å²) in [5.74, 6) is 0.0212. The smallest absolute Gasteiger partial charge is 0.229 e. The molecule has 24 heavy (non-hydrogen) atoms. The van der Waals surface area contributed by atoms with Crippen molar-refractivity contribution in [3.05, 3.63) is 29.8 Å². The molecule has 1 saturated heterocycles. The van der Waals surface area contributed by atoms with Crippen LogP contribution in [0.25, 0.3) is 0 Å². The van der Waals surface area contributed by atoms with Gasteiger partial charge in [0, 0.05) is 25.8 Å². The van der Waals surface area contributed by atoms with Crippen molar-refractivity contribution >= 4 is 17.5 Å². The highest BCUT2D eigenvalue weighted by molar-refractivity contribution is 5.97. The Kier molecular flexibility index (Phi) is 6.37. The number of nitrogens with zero attached hydrogens (tertiary/aromatic N) is 1. The maximum Gasteiger partial charge on any atom is 0.229 e. The van der Waals surface area contributed by atoms with Crippen molar-refractivity contribution in [3.8, 4) is 0 Å². The van der Waals surface area contributed by atoms with Crippen molar-refractivity contribution < 1.29 is 14.3 Å². The van der Waals surface area contributed by atoms with Gasteiger partial charge in [-0.25, -0.2) is 0 Å². The van der Waals surface area contributed by atoms with Crippen molar-refractivity contribution in [1.82, 2.24) is 4.90 Å². The number of ether oxygens (including phenoxy) is 1. The van der Waals surface area contributed by atoms with Gasteiger partial charge in [-0.1, -0.05) is 32.0 Å². The Labute approximate surface area is 144 Å². The maximum atomic E-state index is 12.6. The molecule has 1 aliphatic heterocycles. The van der Waals surface area contributed by atoms with Gasteiger partial charge in [0.05, 0.1) is 18.6 Å². The number of hydrogen-bond donors (Lipinski definition) is 1. The average molecular weight is 332 g/mol. The summed E-state index contributed by atoms with van der Waals surface area (Å²) >= 11 is 0. The lowest BCUT2D eigenvalue weighted by molar-refractivity contribution is -0.130. The molecule has 0 aliphatic carbocycles. The molecule has 1 fully saturated rings. The molecule has 5 heteroatoms. The van der Waals surface area contributed by atoms with E-state index in [2.05, 4.69) is 25.2 Å². The highest BCUT2D eigenvalue weighted by Gasteiger charge is 2.36. The summed E-state index contributed by atoms with van der Waals surface area (Å²) in [4.78, 5) is 26.5. The first-order valence-corrected chi connectivity index (χ1v) is 8.66. The summed E-state index contributed by atoms with van der Waals surface area (Å²) in [5.41, 5.74) is 2.00. The molecule has 1 aromatic rings. The van der Waals surface area contributed by atoms with E-state index in [1.165, 1.54) is 0 Å². The van der Waals surface area contributed by atoms with Gasteiger partial charge in [0.15, 0.2) is 0 Å². The zero-order chi connectivity index (χ0) is 17.7. The fourth-order valence-electron chi connectivity index (χ4n) is 3.16. The van der Waals surface area contributed by atoms with E-state index >= 15 is 0 Å². The number of hydrogen-bond acceptors (Lipinski definition) is 3. The van der Waals surface area contributed by atoms with Crippen LogP contribution < -0.4 is 5.32 Å². The number of nitrogens with one attached hydrogen (secondary N) is 1. The lowest BCUT2D eigenvalue weighted by atomic mass is 9.96. The highest BCUT2D eigenvalue weighted by atomic mass is 16.5. The minimum absolute atomic E-state index is 0.00676. The number of benzene rings is 1. The Balaban J connectivity index is 2.05. The second-order valence-electron chi connectivity index (χ2n) is 6.64. The molecule has 0 spiro atoms. The molecule has 1 N–H and O–H groups in total. The normalized spacial score (nSPS) is 20.1. The van der Waals surface area contributed by atoms with Gasteiger partial charge >= 0.3 is 0 Å². The lowest BCUT2D eigenvalue weighted by Crippen LogP contribution is -2.38. The standard InChI is InChI=1S/C19H28N2O3/c1-5-13(2)16-8-6-7-9-17(16)20-19(23)15-10-18(22)21(11-15)14(3)12-24-4/h6-9,13-15H,5,10-12H2,1-4H3,(H,20,23)/t13-,14+,15+/m1/s1. The Bertz CT molecular complexity index is 588. The Morgan fingerprint density at radius 1 is 1.38 bits per heavy atom. The molecule has 0 bridgehead atoms. The van der Waals surface area contributed by atoms with Crippen LogP contribution in [0.4, 0.5) is 5.69 Å². The van der Waals surface area contributed by atoms with E-state index in [9.17, 15) is 9.59 Å². The number of amides is 2. The molecule has 1 aliphatic rings. The summed E-state index contributed by atoms with van der Waals surface area (Å²) in [7, 11) is 1.62. The molecule has 0 aromatic heterocycles. The van der Waals surface area contributed by atoms with E-state index in [0.717, 1.165) is 17.7 Å². The van der Waals surface area contributed by atoms with E-state index < -0.39 is 0 Å². The van der Waals surface area contributed by atoms with Gasteiger partial charge in [-0.3, -0.25) is 9.59 Å². The molecular weight excluding hydrogens is 304 g/mol. The van der Waals surface area contributed by atoms with Gasteiger partial charge < -0.3 is 15.0 Å². The molecule has 132 valence electrons. The van der Waals surface area contributed by atoms with E-state index in [4.69, 9.17) is 4.74 Å². The first-order valence-electron chi connectivity index (χ1n) is 8.66. The third kappa shape index (κ3) is 4.15. The number of likely N-dealkylation sites (tertiary alicyclic amines) is 1. The van der Waals surface area contributed by atoms with Crippen LogP contribution in [-0.2, 0) is 14.3 Å². The SMILES string of the molecule is CC[C@@H](C)c1ccccc1NC(=O)[C@H]1CC(=O)N([C@@H](C)COC)C1. The van der Waals surface area contributed by atoms with E-state index in [0.29, 0.717) is 19.1 Å². The van der Waals surface area contributed by atoms with Crippen molar-refractivity contribution in [1.29, 1.82) is 0 Å². The number of anilines is 1. The van der Waals surface area contributed by atoms with Crippen molar-refractivity contribution in [3.63, 3.8) is 0 Å². The van der Waals surface area contributed by atoms with Gasteiger partial charge in [-0.2, -0.15) is 0 Å². The summed E-state index contributed by atoms with van der Waals surface area (Å²) in [6.07, 6.45) is 1.28. The predicted octanol–water partition coefficient (Wildman–Crippen LogP) is 3.02. The minimum Gasteiger partial charge on any atom is -0.383 e. The van der Waals surface area contributed by atoms with Gasteiger partial charge in [0.1, 0.15) is 0 Å². The van der Waals surface area contributed by atoms with Crippen LogP contribution in [0, 0.1) is 5.92 Å². The Morgan fingerprint density at radius 2 is 2.08 bits per heavy atom. The van der Waals surface area contributed by atoms with Crippen molar-refractivity contribution in [2.75, 3.05) is 25.6 Å². The zero-order valence-electron chi connectivity index (χ0n) is 15.0. The molecular formula is C19H28N2O3. The van der Waals surface area contributed by atoms with E-state index in [1.54, 1.807) is 12.0 Å². The summed E-state index contributed by atoms with van der Waals surface area (Å²) in [5, 5.41) is 3.03. The third-order valence-corrected chi connectivity index (χ3v) is 4.83. The van der Waals surface area contributed by atoms with Gasteiger partial charge in [-0.15, -0.1) is 0 Å². The van der Waals surface area contributed by atoms with Crippen LogP contribution in [0.3, 0.4) is 0 Å². The topological polar surface area (TPSA) is 58.6 Å². The largest absolute Gasteiger partial charge is 0.383 e. The maximum absolute atomic E-state index is 12.6. The van der Waals surface area contributed by atoms with Crippen LogP contribution in [0.15, 0.2) is 24.3 Å². The monoisotopic (exact) mass is 332 g/mol. The molecule has 1 heterocycles. The predicted molar refractivity (Wildman–Crippen MR) is 94.9 cm³/mol. The highest BCUT2D eigenvalue weighted by Crippen LogP contribution is 2.28. The number of carbonyl (C=O) groups excluding carboxylic acids is 2. The summed E-state index contributed by atoms with van der Waals surface area (Å²) in [6, 6.07) is 7.89. The summed E-state index contributed by atoms with van der Waals surface area (Å²) < 4.78 is 5.12. The fraction of sp³-hybridized carbons (Fsp3) is 0.579. The molecule has 2 rings (SSSR count). The fourth-order valence-corrected chi connectivity index (χ4v) is 3.16. The minimum atomic E-state index is -0.304. The number of methoxy groups -OCH3 is 1. The zero-order valence-corrected chi connectivity index (χ0v) is 15.0. The van der Waals surface area contributed by atoms with Crippen LogP contribution in [0.5, 0.6) is 0 Å². The lowest BCUT2D eigenvalue weighted by Gasteiger charge is -2.24. The third-order valence-electron chi connectivity index (χ3n) is 4.83. The average Bonchev–Trinajstić information content (AvgIpc) is 2.97. The second kappa shape index (κ2) is 8.29. The molecule has 0 radical (unpaired) electrons. The van der Waals surface area contributed by atoms with Crippen LogP contribution in [-0.4, -0.2) is 43.0 Å². The molecule has 5 nitrogen and oxygen atoms in total. The number of rotatable bonds is 7. The Morgan fingerprint density at radius 3 is 2.75 bits per heavy atom. The van der Waals surface area contributed by atoms with E-state index in [1.807, 2.05) is 25.1 Å².